The van der Waals surface area contributed by atoms with E-state index in [2.05, 4.69) is 10.7 Å². The number of nitrogens with one attached hydrogen (secondary N) is 2. The Kier molecular flexibility index (Phi) is 12.5. The summed E-state index contributed by atoms with van der Waals surface area (Å²) in [4.78, 5) is 38.2. The Labute approximate surface area is 240 Å². The molecular weight excluding hydrogens is 537 g/mol. The molecule has 0 radical (unpaired) electrons. The third kappa shape index (κ3) is 8.82. The minimum Gasteiger partial charge on any atom is -0.480 e. The molecule has 0 aromatic heterocycles. The maximum absolute atomic E-state index is 13.5. The molecule has 0 aliphatic carbocycles. The second kappa shape index (κ2) is 15.3. The first kappa shape index (κ1) is 31.8. The van der Waals surface area contributed by atoms with Crippen molar-refractivity contribution < 1.29 is 19.5 Å². The molecule has 1 unspecified atom stereocenters. The number of hydrogen-bond donors (Lipinski definition) is 3. The lowest BCUT2D eigenvalue weighted by Gasteiger charge is -2.25. The molecule has 2 rings (SSSR count). The SMILES string of the molecule is C/C=C\C=C(/CC)CN(NC)C(=O)C(=C(C)C)c1ccc(CC(NC(=O)c2c(Cl)cccc2Cl)C(=O)O)cc1. The van der Waals surface area contributed by atoms with Crippen LogP contribution in [0.5, 0.6) is 0 Å². The van der Waals surface area contributed by atoms with Crippen molar-refractivity contribution in [2.45, 2.75) is 46.6 Å². The second-order valence-corrected chi connectivity index (χ2v) is 9.87. The van der Waals surface area contributed by atoms with Crippen molar-refractivity contribution in [3.8, 4) is 0 Å². The fraction of sp³-hybridized carbons (Fsp3) is 0.300. The van der Waals surface area contributed by atoms with E-state index < -0.39 is 17.9 Å². The van der Waals surface area contributed by atoms with Crippen molar-refractivity contribution >= 4 is 46.6 Å². The first-order chi connectivity index (χ1) is 18.5. The van der Waals surface area contributed by atoms with Gasteiger partial charge in [-0.25, -0.2) is 10.2 Å². The number of hydrazine groups is 1. The number of carboxylic acid groups (broad SMARTS) is 1. The summed E-state index contributed by atoms with van der Waals surface area (Å²) in [5, 5.41) is 14.1. The van der Waals surface area contributed by atoms with Crippen LogP contribution in [0.4, 0.5) is 0 Å². The van der Waals surface area contributed by atoms with Crippen LogP contribution in [-0.4, -0.2) is 47.5 Å². The van der Waals surface area contributed by atoms with Crippen molar-refractivity contribution in [2.24, 2.45) is 0 Å². The van der Waals surface area contributed by atoms with Crippen LogP contribution in [-0.2, 0) is 16.0 Å². The van der Waals surface area contributed by atoms with Gasteiger partial charge in [0.2, 0.25) is 0 Å². The van der Waals surface area contributed by atoms with Gasteiger partial charge >= 0.3 is 5.97 Å². The average Bonchev–Trinajstić information content (AvgIpc) is 2.89. The molecule has 0 aliphatic heterocycles. The van der Waals surface area contributed by atoms with Gasteiger partial charge < -0.3 is 10.4 Å². The number of carbonyl (C=O) groups is 3. The van der Waals surface area contributed by atoms with Crippen LogP contribution in [0.2, 0.25) is 10.0 Å². The highest BCUT2D eigenvalue weighted by atomic mass is 35.5. The molecule has 2 aromatic rings. The number of carbonyl (C=O) groups excluding carboxylic acids is 2. The lowest BCUT2D eigenvalue weighted by molar-refractivity contribution is -0.139. The zero-order valence-corrected chi connectivity index (χ0v) is 24.4. The van der Waals surface area contributed by atoms with E-state index in [9.17, 15) is 19.5 Å². The Morgan fingerprint density at radius 3 is 2.15 bits per heavy atom. The predicted octanol–water partition coefficient (Wildman–Crippen LogP) is 6.09. The van der Waals surface area contributed by atoms with Crippen LogP contribution in [0.3, 0.4) is 0 Å². The monoisotopic (exact) mass is 571 g/mol. The Morgan fingerprint density at radius 1 is 1.05 bits per heavy atom. The minimum atomic E-state index is -1.21. The van der Waals surface area contributed by atoms with E-state index in [1.807, 2.05) is 45.9 Å². The number of amides is 2. The number of aliphatic carboxylic acids is 1. The number of nitrogens with zero attached hydrogens (tertiary/aromatic N) is 1. The Bertz CT molecular complexity index is 1260. The fourth-order valence-corrected chi connectivity index (χ4v) is 4.49. The topological polar surface area (TPSA) is 98.7 Å². The molecule has 0 spiro atoms. The second-order valence-electron chi connectivity index (χ2n) is 9.06. The fourth-order valence-electron chi connectivity index (χ4n) is 3.92. The standard InChI is InChI=1S/C30H35Cl2N3O4/c1-6-8-10-20(7-2)18-35(33-5)29(37)26(19(3)4)22-15-13-21(14-16-22)17-25(30(38)39)34-28(36)27-23(31)11-9-12-24(27)32/h6,8-16,25,33H,7,17-18H2,1-5H3,(H,34,36)(H,38,39)/b8-6-,20-10+. The van der Waals surface area contributed by atoms with E-state index in [0.717, 1.165) is 17.6 Å². The molecule has 2 amide bonds. The van der Waals surface area contributed by atoms with Gasteiger partial charge in [-0.3, -0.25) is 14.6 Å². The molecule has 0 saturated carbocycles. The van der Waals surface area contributed by atoms with Crippen molar-refractivity contribution in [1.29, 1.82) is 0 Å². The summed E-state index contributed by atoms with van der Waals surface area (Å²) in [6.45, 7) is 8.17. The van der Waals surface area contributed by atoms with Gasteiger partial charge in [-0.1, -0.05) is 84.3 Å². The molecule has 1 atom stereocenters. The minimum absolute atomic E-state index is 0.0232. The maximum Gasteiger partial charge on any atom is 0.326 e. The molecule has 7 nitrogen and oxygen atoms in total. The quantitative estimate of drug-likeness (QED) is 0.163. The van der Waals surface area contributed by atoms with E-state index >= 15 is 0 Å². The molecule has 0 bridgehead atoms. The third-order valence-corrected chi connectivity index (χ3v) is 6.67. The third-order valence-electron chi connectivity index (χ3n) is 6.04. The van der Waals surface area contributed by atoms with E-state index in [1.54, 1.807) is 42.4 Å². The zero-order valence-electron chi connectivity index (χ0n) is 22.8. The number of allylic oxidation sites excluding steroid dienone is 4. The van der Waals surface area contributed by atoms with Crippen LogP contribution in [0.25, 0.3) is 5.57 Å². The largest absolute Gasteiger partial charge is 0.480 e. The Hall–Kier alpha value is -3.39. The number of carboxylic acids is 1. The van der Waals surface area contributed by atoms with Gasteiger partial charge in [0.05, 0.1) is 22.2 Å². The van der Waals surface area contributed by atoms with Crippen molar-refractivity contribution in [3.63, 3.8) is 0 Å². The average molecular weight is 573 g/mol. The Morgan fingerprint density at radius 2 is 1.67 bits per heavy atom. The first-order valence-corrected chi connectivity index (χ1v) is 13.3. The van der Waals surface area contributed by atoms with Gasteiger partial charge in [0.1, 0.15) is 6.04 Å². The molecule has 0 aliphatic rings. The molecule has 208 valence electrons. The smallest absolute Gasteiger partial charge is 0.326 e. The van der Waals surface area contributed by atoms with Crippen molar-refractivity contribution in [2.75, 3.05) is 13.6 Å². The highest BCUT2D eigenvalue weighted by molar-refractivity contribution is 6.39. The predicted molar refractivity (Wildman–Crippen MR) is 158 cm³/mol. The number of benzene rings is 2. The normalized spacial score (nSPS) is 12.2. The lowest BCUT2D eigenvalue weighted by atomic mass is 9.97. The molecule has 0 saturated heterocycles. The molecule has 9 heteroatoms. The highest BCUT2D eigenvalue weighted by Crippen LogP contribution is 2.25. The highest BCUT2D eigenvalue weighted by Gasteiger charge is 2.25. The van der Waals surface area contributed by atoms with Crippen LogP contribution in [0.15, 0.2) is 71.8 Å². The number of rotatable bonds is 12. The van der Waals surface area contributed by atoms with Gasteiger partial charge in [0, 0.05) is 19.0 Å². The summed E-state index contributed by atoms with van der Waals surface area (Å²) in [5.41, 5.74) is 6.89. The summed E-state index contributed by atoms with van der Waals surface area (Å²) in [5.74, 6) is -2.04. The zero-order chi connectivity index (χ0) is 29.1. The van der Waals surface area contributed by atoms with Crippen LogP contribution < -0.4 is 10.7 Å². The van der Waals surface area contributed by atoms with Gasteiger partial charge in [-0.2, -0.15) is 0 Å². The van der Waals surface area contributed by atoms with Crippen LogP contribution >= 0.6 is 23.2 Å². The summed E-state index contributed by atoms with van der Waals surface area (Å²) >= 11 is 12.2. The molecule has 39 heavy (non-hydrogen) atoms. The summed E-state index contributed by atoms with van der Waals surface area (Å²) in [7, 11) is 1.71. The molecule has 2 aromatic carbocycles. The van der Waals surface area contributed by atoms with Gasteiger partial charge in [-0.05, 0) is 56.0 Å². The summed E-state index contributed by atoms with van der Waals surface area (Å²) < 4.78 is 0. The van der Waals surface area contributed by atoms with Crippen LogP contribution in [0, 0.1) is 0 Å². The van der Waals surface area contributed by atoms with E-state index in [4.69, 9.17) is 23.2 Å². The number of hydrogen-bond acceptors (Lipinski definition) is 4. The number of halogens is 2. The first-order valence-electron chi connectivity index (χ1n) is 12.6. The van der Waals surface area contributed by atoms with Crippen molar-refractivity contribution in [3.05, 3.63) is 98.6 Å². The lowest BCUT2D eigenvalue weighted by Crippen LogP contribution is -2.42. The van der Waals surface area contributed by atoms with Gasteiger partial charge in [-0.15, -0.1) is 0 Å². The summed E-state index contributed by atoms with van der Waals surface area (Å²) in [6, 6.07) is 10.5. The summed E-state index contributed by atoms with van der Waals surface area (Å²) in [6.07, 6.45) is 6.73. The maximum atomic E-state index is 13.5. The molecule has 0 fully saturated rings. The molecule has 3 N–H and O–H groups in total. The van der Waals surface area contributed by atoms with E-state index in [1.165, 1.54) is 12.1 Å². The Balaban J connectivity index is 2.25. The van der Waals surface area contributed by atoms with Crippen LogP contribution in [0.1, 0.15) is 55.6 Å². The van der Waals surface area contributed by atoms with E-state index in [-0.39, 0.29) is 27.9 Å². The van der Waals surface area contributed by atoms with E-state index in [0.29, 0.717) is 23.2 Å². The molecular formula is C30H35Cl2N3O4. The van der Waals surface area contributed by atoms with Gasteiger partial charge in [0.25, 0.3) is 11.8 Å². The molecule has 0 heterocycles. The van der Waals surface area contributed by atoms with Crippen molar-refractivity contribution in [1.82, 2.24) is 15.8 Å². The van der Waals surface area contributed by atoms with Gasteiger partial charge in [0.15, 0.2) is 0 Å².